The normalized spacial score (nSPS) is 10.3. The second-order valence-corrected chi connectivity index (χ2v) is 4.76. The summed E-state index contributed by atoms with van der Waals surface area (Å²) in [5.41, 5.74) is 2.13. The van der Waals surface area contributed by atoms with Gasteiger partial charge in [0.2, 0.25) is 0 Å². The van der Waals surface area contributed by atoms with Gasteiger partial charge in [-0.05, 0) is 23.4 Å². The van der Waals surface area contributed by atoms with E-state index in [9.17, 15) is 4.79 Å². The second kappa shape index (κ2) is 6.56. The zero-order valence-electron chi connectivity index (χ0n) is 8.43. The number of hydrogen-bond acceptors (Lipinski definition) is 2. The first kappa shape index (κ1) is 13.1. The second-order valence-electron chi connectivity index (χ2n) is 3.08. The molecule has 0 spiro atoms. The molecule has 0 saturated heterocycles. The highest BCUT2D eigenvalue weighted by Crippen LogP contribution is 2.25. The highest BCUT2D eigenvalue weighted by molar-refractivity contribution is 9.09. The molecule has 0 heterocycles. The Morgan fingerprint density at radius 1 is 1.53 bits per heavy atom. The maximum atomic E-state index is 11.4. The van der Waals surface area contributed by atoms with Crippen molar-refractivity contribution in [3.05, 3.63) is 29.3 Å². The predicted molar refractivity (Wildman–Crippen MR) is 70.3 cm³/mol. The van der Waals surface area contributed by atoms with Crippen LogP contribution in [-0.2, 0) is 17.1 Å². The van der Waals surface area contributed by atoms with Crippen molar-refractivity contribution in [3.63, 3.8) is 0 Å². The molecule has 0 amide bonds. The molecule has 4 heteroatoms. The van der Waals surface area contributed by atoms with Crippen molar-refractivity contribution in [2.24, 2.45) is 0 Å². The van der Waals surface area contributed by atoms with Gasteiger partial charge in [0.15, 0.2) is 0 Å². The summed E-state index contributed by atoms with van der Waals surface area (Å²) in [5.74, 6) is 0.641. The third-order valence-electron chi connectivity index (χ3n) is 2.12. The van der Waals surface area contributed by atoms with E-state index < -0.39 is 0 Å². The van der Waals surface area contributed by atoms with Crippen LogP contribution in [0.3, 0.4) is 0 Å². The lowest BCUT2D eigenvalue weighted by atomic mass is 10.0. The van der Waals surface area contributed by atoms with Crippen molar-refractivity contribution < 1.29 is 4.79 Å². The van der Waals surface area contributed by atoms with E-state index in [2.05, 4.69) is 15.9 Å². The number of rotatable bonds is 5. The molecular formula is C11H12BrClOS. The molecule has 0 bridgehead atoms. The van der Waals surface area contributed by atoms with E-state index in [0.717, 1.165) is 16.0 Å². The lowest BCUT2D eigenvalue weighted by molar-refractivity contribution is -0.115. The first-order valence-corrected chi connectivity index (χ1v) is 7.39. The molecule has 0 N–H and O–H groups in total. The summed E-state index contributed by atoms with van der Waals surface area (Å²) in [7, 11) is 0. The van der Waals surface area contributed by atoms with Crippen LogP contribution in [0.25, 0.3) is 0 Å². The number of carbonyl (C=O) groups is 1. The maximum absolute atomic E-state index is 11.4. The summed E-state index contributed by atoms with van der Waals surface area (Å²) in [6, 6.07) is 5.98. The minimum atomic E-state index is 0.183. The van der Waals surface area contributed by atoms with Gasteiger partial charge in [0.1, 0.15) is 5.78 Å². The van der Waals surface area contributed by atoms with Crippen LogP contribution < -0.4 is 0 Å². The van der Waals surface area contributed by atoms with Crippen LogP contribution in [0.5, 0.6) is 0 Å². The standard InChI is InChI=1S/C11H12BrClOS/c1-15-11-4-2-3-8(7-13)10(11)5-9(14)6-12/h2-4H,5-7H2,1H3. The molecule has 1 nitrogen and oxygen atoms in total. The molecule has 0 aliphatic heterocycles. The number of alkyl halides is 2. The zero-order chi connectivity index (χ0) is 11.3. The molecule has 0 aromatic heterocycles. The molecule has 1 rings (SSSR count). The van der Waals surface area contributed by atoms with E-state index in [1.807, 2.05) is 24.5 Å². The van der Waals surface area contributed by atoms with E-state index in [4.69, 9.17) is 11.6 Å². The number of Topliss-reactive ketones (excluding diaryl/α,β-unsaturated/α-hetero) is 1. The van der Waals surface area contributed by atoms with Gasteiger partial charge in [-0.2, -0.15) is 0 Å². The largest absolute Gasteiger partial charge is 0.298 e. The van der Waals surface area contributed by atoms with Crippen LogP contribution in [-0.4, -0.2) is 17.4 Å². The van der Waals surface area contributed by atoms with Crippen molar-refractivity contribution in [2.45, 2.75) is 17.2 Å². The van der Waals surface area contributed by atoms with Crippen LogP contribution >= 0.6 is 39.3 Å². The first-order valence-electron chi connectivity index (χ1n) is 4.51. The molecule has 0 fully saturated rings. The first-order chi connectivity index (χ1) is 7.22. The molecule has 82 valence electrons. The van der Waals surface area contributed by atoms with Gasteiger partial charge in [0, 0.05) is 17.2 Å². The molecule has 0 atom stereocenters. The minimum Gasteiger partial charge on any atom is -0.298 e. The summed E-state index contributed by atoms with van der Waals surface area (Å²) < 4.78 is 0. The third kappa shape index (κ3) is 3.51. The summed E-state index contributed by atoms with van der Waals surface area (Å²) in [6.45, 7) is 0. The van der Waals surface area contributed by atoms with Crippen LogP contribution in [0.2, 0.25) is 0 Å². The molecule has 0 saturated carbocycles. The highest BCUT2D eigenvalue weighted by Gasteiger charge is 2.10. The van der Waals surface area contributed by atoms with E-state index in [0.29, 0.717) is 17.6 Å². The Hall–Kier alpha value is 0.01000. The topological polar surface area (TPSA) is 17.1 Å². The summed E-state index contributed by atoms with van der Waals surface area (Å²) in [6.07, 6.45) is 2.47. The van der Waals surface area contributed by atoms with E-state index in [1.165, 1.54) is 0 Å². The van der Waals surface area contributed by atoms with Crippen LogP contribution in [0.4, 0.5) is 0 Å². The van der Waals surface area contributed by atoms with Crippen LogP contribution in [0.1, 0.15) is 11.1 Å². The maximum Gasteiger partial charge on any atom is 0.147 e. The van der Waals surface area contributed by atoms with Gasteiger partial charge < -0.3 is 0 Å². The lowest BCUT2D eigenvalue weighted by Crippen LogP contribution is -2.06. The van der Waals surface area contributed by atoms with Gasteiger partial charge >= 0.3 is 0 Å². The predicted octanol–water partition coefficient (Wildman–Crippen LogP) is 3.65. The highest BCUT2D eigenvalue weighted by atomic mass is 79.9. The fourth-order valence-electron chi connectivity index (χ4n) is 1.37. The van der Waals surface area contributed by atoms with Crippen molar-refractivity contribution in [1.82, 2.24) is 0 Å². The van der Waals surface area contributed by atoms with Crippen molar-refractivity contribution in [2.75, 3.05) is 11.6 Å². The van der Waals surface area contributed by atoms with Crippen molar-refractivity contribution in [3.8, 4) is 0 Å². The monoisotopic (exact) mass is 306 g/mol. The van der Waals surface area contributed by atoms with E-state index in [1.54, 1.807) is 11.8 Å². The van der Waals surface area contributed by atoms with E-state index >= 15 is 0 Å². The molecule has 1 aromatic rings. The Labute approximate surface area is 108 Å². The Bertz CT molecular complexity index is 332. The average Bonchev–Trinajstić information content (AvgIpc) is 2.29. The van der Waals surface area contributed by atoms with Crippen molar-refractivity contribution >= 4 is 45.1 Å². The Morgan fingerprint density at radius 3 is 2.80 bits per heavy atom. The molecule has 15 heavy (non-hydrogen) atoms. The number of hydrogen-bond donors (Lipinski definition) is 0. The van der Waals surface area contributed by atoms with Gasteiger partial charge in [0.05, 0.1) is 5.33 Å². The van der Waals surface area contributed by atoms with E-state index in [-0.39, 0.29) is 5.78 Å². The molecular weight excluding hydrogens is 296 g/mol. The van der Waals surface area contributed by atoms with Gasteiger partial charge in [-0.15, -0.1) is 23.4 Å². The number of carbonyl (C=O) groups excluding carboxylic acids is 1. The van der Waals surface area contributed by atoms with Gasteiger partial charge in [-0.3, -0.25) is 4.79 Å². The van der Waals surface area contributed by atoms with Gasteiger partial charge in [-0.25, -0.2) is 0 Å². The fraction of sp³-hybridized carbons (Fsp3) is 0.364. The molecule has 1 aromatic carbocycles. The lowest BCUT2D eigenvalue weighted by Gasteiger charge is -2.10. The van der Waals surface area contributed by atoms with Crippen LogP contribution in [0.15, 0.2) is 23.1 Å². The smallest absolute Gasteiger partial charge is 0.147 e. The number of ketones is 1. The van der Waals surface area contributed by atoms with Gasteiger partial charge in [0.25, 0.3) is 0 Å². The average molecular weight is 308 g/mol. The SMILES string of the molecule is CSc1cccc(CCl)c1CC(=O)CBr. The number of thioether (sulfide) groups is 1. The molecule has 0 unspecified atom stereocenters. The fourth-order valence-corrected chi connectivity index (χ4v) is 2.49. The van der Waals surface area contributed by atoms with Crippen LogP contribution in [0, 0.1) is 0 Å². The van der Waals surface area contributed by atoms with Gasteiger partial charge in [-0.1, -0.05) is 28.1 Å². The number of halogens is 2. The quantitative estimate of drug-likeness (QED) is 0.610. The molecule has 0 aliphatic rings. The zero-order valence-corrected chi connectivity index (χ0v) is 11.6. The molecule has 0 aliphatic carbocycles. The van der Waals surface area contributed by atoms with Crippen molar-refractivity contribution in [1.29, 1.82) is 0 Å². The third-order valence-corrected chi connectivity index (χ3v) is 3.85. The Balaban J connectivity index is 3.05. The number of benzene rings is 1. The summed E-state index contributed by atoms with van der Waals surface area (Å²) in [5, 5.41) is 0.400. The Morgan fingerprint density at radius 2 is 2.27 bits per heavy atom. The Kier molecular flexibility index (Phi) is 5.72. The molecule has 0 radical (unpaired) electrons. The minimum absolute atomic E-state index is 0.183. The summed E-state index contributed by atoms with van der Waals surface area (Å²) >= 11 is 10.7. The summed E-state index contributed by atoms with van der Waals surface area (Å²) in [4.78, 5) is 12.6.